The maximum absolute atomic E-state index is 5.69. The second kappa shape index (κ2) is 8.06. The van der Waals surface area contributed by atoms with Crippen LogP contribution in [0.3, 0.4) is 0 Å². The van der Waals surface area contributed by atoms with Crippen LogP contribution in [0.2, 0.25) is 0 Å². The van der Waals surface area contributed by atoms with Gasteiger partial charge in [0.1, 0.15) is 0 Å². The molecular formula is C21H28N6. The molecule has 6 heteroatoms. The molecule has 1 atom stereocenters. The number of hydrogen-bond donors (Lipinski definition) is 1. The Balaban J connectivity index is 1.56. The summed E-state index contributed by atoms with van der Waals surface area (Å²) in [6.45, 7) is 4.62. The summed E-state index contributed by atoms with van der Waals surface area (Å²) in [6.07, 6.45) is 4.32. The Hall–Kier alpha value is -2.44. The largest absolute Gasteiger partial charge is 0.357 e. The summed E-state index contributed by atoms with van der Waals surface area (Å²) >= 11 is 0. The first-order valence-corrected chi connectivity index (χ1v) is 9.77. The number of hydrogen-bond acceptors (Lipinski definition) is 5. The third kappa shape index (κ3) is 3.96. The monoisotopic (exact) mass is 364 g/mol. The van der Waals surface area contributed by atoms with Crippen LogP contribution in [0.1, 0.15) is 30.0 Å². The maximum Gasteiger partial charge on any atom is 0.157 e. The number of nitrogens with zero attached hydrogens (tertiary/aromatic N) is 5. The van der Waals surface area contributed by atoms with Gasteiger partial charge < -0.3 is 10.6 Å². The summed E-state index contributed by atoms with van der Waals surface area (Å²) in [5.41, 5.74) is 9.23. The minimum absolute atomic E-state index is 0.473. The molecule has 6 nitrogen and oxygen atoms in total. The van der Waals surface area contributed by atoms with Crippen molar-refractivity contribution in [2.75, 3.05) is 38.1 Å². The van der Waals surface area contributed by atoms with Crippen molar-refractivity contribution in [2.45, 2.75) is 25.3 Å². The molecule has 3 aromatic rings. The Morgan fingerprint density at radius 1 is 1.22 bits per heavy atom. The van der Waals surface area contributed by atoms with E-state index in [1.165, 1.54) is 24.1 Å². The van der Waals surface area contributed by atoms with Crippen LogP contribution in [0.25, 0.3) is 5.65 Å². The molecule has 0 saturated carbocycles. The molecule has 1 fully saturated rings. The summed E-state index contributed by atoms with van der Waals surface area (Å²) in [4.78, 5) is 9.16. The van der Waals surface area contributed by atoms with E-state index in [0.717, 1.165) is 37.6 Å². The minimum atomic E-state index is 0.473. The van der Waals surface area contributed by atoms with E-state index < -0.39 is 0 Å². The summed E-state index contributed by atoms with van der Waals surface area (Å²) < 4.78 is 2.03. The molecule has 1 saturated heterocycles. The molecular weight excluding hydrogens is 336 g/mol. The van der Waals surface area contributed by atoms with Crippen molar-refractivity contribution in [3.63, 3.8) is 0 Å². The van der Waals surface area contributed by atoms with Gasteiger partial charge in [0.05, 0.1) is 5.69 Å². The zero-order valence-corrected chi connectivity index (χ0v) is 16.0. The van der Waals surface area contributed by atoms with Crippen LogP contribution in [-0.2, 0) is 6.54 Å². The third-order valence-electron chi connectivity index (χ3n) is 5.40. The number of benzene rings is 1. The fourth-order valence-electron chi connectivity index (χ4n) is 3.99. The van der Waals surface area contributed by atoms with Crippen molar-refractivity contribution in [3.05, 3.63) is 59.9 Å². The van der Waals surface area contributed by atoms with E-state index in [-0.39, 0.29) is 0 Å². The van der Waals surface area contributed by atoms with Gasteiger partial charge in [-0.2, -0.15) is 0 Å². The SMILES string of the molecule is CN(CCN)c1cc2nccc(C3CCCN(Cc4ccccc4)C3)n2n1. The van der Waals surface area contributed by atoms with Crippen LogP contribution in [0.5, 0.6) is 0 Å². The van der Waals surface area contributed by atoms with E-state index in [2.05, 4.69) is 51.2 Å². The first-order chi connectivity index (χ1) is 13.2. The van der Waals surface area contributed by atoms with Gasteiger partial charge in [-0.05, 0) is 31.0 Å². The van der Waals surface area contributed by atoms with Gasteiger partial charge >= 0.3 is 0 Å². The summed E-state index contributed by atoms with van der Waals surface area (Å²) in [6, 6.07) is 14.9. The number of fused-ring (bicyclic) bond motifs is 1. The zero-order chi connectivity index (χ0) is 18.6. The molecule has 0 radical (unpaired) electrons. The standard InChI is InChI=1S/C21H28N6/c1-25(13-10-22)21-14-20-23-11-9-19(27(20)24-21)18-8-5-12-26(16-18)15-17-6-3-2-4-7-17/h2-4,6-7,9,11,14,18H,5,8,10,12-13,15-16,22H2,1H3. The molecule has 0 amide bonds. The fraction of sp³-hybridized carbons (Fsp3) is 0.429. The second-order valence-electron chi connectivity index (χ2n) is 7.41. The highest BCUT2D eigenvalue weighted by Gasteiger charge is 2.24. The highest BCUT2D eigenvalue weighted by molar-refractivity contribution is 5.52. The molecule has 0 spiro atoms. The number of likely N-dealkylation sites (N-methyl/N-ethyl adjacent to an activating group) is 1. The number of nitrogens with two attached hydrogens (primary N) is 1. The number of aromatic nitrogens is 3. The lowest BCUT2D eigenvalue weighted by Crippen LogP contribution is -2.34. The van der Waals surface area contributed by atoms with Crippen LogP contribution in [0.4, 0.5) is 5.82 Å². The van der Waals surface area contributed by atoms with E-state index >= 15 is 0 Å². The van der Waals surface area contributed by atoms with Gasteiger partial charge in [0.2, 0.25) is 0 Å². The fourth-order valence-corrected chi connectivity index (χ4v) is 3.99. The van der Waals surface area contributed by atoms with Crippen molar-refractivity contribution < 1.29 is 0 Å². The van der Waals surface area contributed by atoms with Gasteiger partial charge in [-0.15, -0.1) is 5.10 Å². The highest BCUT2D eigenvalue weighted by Crippen LogP contribution is 2.28. The highest BCUT2D eigenvalue weighted by atomic mass is 15.3. The van der Waals surface area contributed by atoms with Crippen molar-refractivity contribution in [2.24, 2.45) is 5.73 Å². The summed E-state index contributed by atoms with van der Waals surface area (Å²) in [5, 5.41) is 4.82. The summed E-state index contributed by atoms with van der Waals surface area (Å²) in [7, 11) is 2.02. The molecule has 2 N–H and O–H groups in total. The molecule has 27 heavy (non-hydrogen) atoms. The average Bonchev–Trinajstić information content (AvgIpc) is 3.14. The third-order valence-corrected chi connectivity index (χ3v) is 5.40. The topological polar surface area (TPSA) is 62.7 Å². The molecule has 0 aliphatic carbocycles. The van der Waals surface area contributed by atoms with Crippen LogP contribution < -0.4 is 10.6 Å². The smallest absolute Gasteiger partial charge is 0.157 e. The minimum Gasteiger partial charge on any atom is -0.357 e. The molecule has 1 aromatic carbocycles. The van der Waals surface area contributed by atoms with E-state index in [1.54, 1.807) is 0 Å². The zero-order valence-electron chi connectivity index (χ0n) is 16.0. The number of piperidine rings is 1. The van der Waals surface area contributed by atoms with Crippen molar-refractivity contribution in [3.8, 4) is 0 Å². The van der Waals surface area contributed by atoms with E-state index in [0.29, 0.717) is 12.5 Å². The Kier molecular flexibility index (Phi) is 5.36. The van der Waals surface area contributed by atoms with E-state index in [4.69, 9.17) is 10.8 Å². The molecule has 3 heterocycles. The van der Waals surface area contributed by atoms with E-state index in [9.17, 15) is 0 Å². The molecule has 0 bridgehead atoms. The molecule has 1 aliphatic heterocycles. The normalized spacial score (nSPS) is 18.1. The van der Waals surface area contributed by atoms with Crippen LogP contribution in [0.15, 0.2) is 48.7 Å². The Bertz CT molecular complexity index is 875. The van der Waals surface area contributed by atoms with Crippen LogP contribution in [0, 0.1) is 0 Å². The number of likely N-dealkylation sites (tertiary alicyclic amines) is 1. The van der Waals surface area contributed by atoms with Gasteiger partial charge in [-0.3, -0.25) is 4.90 Å². The molecule has 1 aliphatic rings. The quantitative estimate of drug-likeness (QED) is 0.728. The number of rotatable bonds is 6. The molecule has 142 valence electrons. The lowest BCUT2D eigenvalue weighted by molar-refractivity contribution is 0.197. The van der Waals surface area contributed by atoms with Crippen molar-refractivity contribution >= 4 is 11.5 Å². The van der Waals surface area contributed by atoms with Gasteiger partial charge in [-0.25, -0.2) is 9.50 Å². The second-order valence-corrected chi connectivity index (χ2v) is 7.41. The lowest BCUT2D eigenvalue weighted by Gasteiger charge is -2.33. The first kappa shape index (κ1) is 17.9. The maximum atomic E-state index is 5.69. The van der Waals surface area contributed by atoms with Gasteiger partial charge in [0, 0.05) is 51.4 Å². The molecule has 1 unspecified atom stereocenters. The van der Waals surface area contributed by atoms with Crippen molar-refractivity contribution in [1.29, 1.82) is 0 Å². The Morgan fingerprint density at radius 2 is 2.07 bits per heavy atom. The van der Waals surface area contributed by atoms with Crippen LogP contribution >= 0.6 is 0 Å². The first-order valence-electron chi connectivity index (χ1n) is 9.77. The van der Waals surface area contributed by atoms with E-state index in [1.807, 2.05) is 23.8 Å². The predicted molar refractivity (Wildman–Crippen MR) is 109 cm³/mol. The Labute approximate surface area is 160 Å². The van der Waals surface area contributed by atoms with Crippen LogP contribution in [-0.4, -0.2) is 52.7 Å². The van der Waals surface area contributed by atoms with Gasteiger partial charge in [0.25, 0.3) is 0 Å². The van der Waals surface area contributed by atoms with Crippen molar-refractivity contribution in [1.82, 2.24) is 19.5 Å². The number of anilines is 1. The average molecular weight is 364 g/mol. The Morgan fingerprint density at radius 3 is 2.89 bits per heavy atom. The lowest BCUT2D eigenvalue weighted by atomic mass is 9.94. The molecule has 2 aromatic heterocycles. The van der Waals surface area contributed by atoms with Gasteiger partial charge in [-0.1, -0.05) is 30.3 Å². The predicted octanol–water partition coefficient (Wildman–Crippen LogP) is 2.50. The van der Waals surface area contributed by atoms with Gasteiger partial charge in [0.15, 0.2) is 11.5 Å². The molecule has 4 rings (SSSR count). The summed E-state index contributed by atoms with van der Waals surface area (Å²) in [5.74, 6) is 1.40.